The van der Waals surface area contributed by atoms with Crippen molar-refractivity contribution < 1.29 is 5.11 Å². The molecule has 1 aromatic rings. The van der Waals surface area contributed by atoms with Crippen LogP contribution in [0.1, 0.15) is 44.3 Å². The Bertz CT molecular complexity index is 223. The number of hydrogen-bond donors (Lipinski definition) is 1. The minimum atomic E-state index is -0.333. The molecule has 0 radical (unpaired) electrons. The van der Waals surface area contributed by atoms with Crippen molar-refractivity contribution in [3.05, 3.63) is 30.1 Å². The second kappa shape index (κ2) is 5.70. The third kappa shape index (κ3) is 3.55. The molecule has 2 nitrogen and oxygen atoms in total. The predicted octanol–water partition coefficient (Wildman–Crippen LogP) is 2.70. The molecule has 0 amide bonds. The second-order valence-corrected chi connectivity index (χ2v) is 3.30. The lowest BCUT2D eigenvalue weighted by Crippen LogP contribution is -1.97. The van der Waals surface area contributed by atoms with Gasteiger partial charge in [0, 0.05) is 12.4 Å². The van der Waals surface area contributed by atoms with Gasteiger partial charge >= 0.3 is 0 Å². The molecule has 1 aromatic heterocycles. The first-order valence-corrected chi connectivity index (χ1v) is 4.92. The summed E-state index contributed by atoms with van der Waals surface area (Å²) in [5.41, 5.74) is 0.929. The van der Waals surface area contributed by atoms with Crippen LogP contribution in [0.4, 0.5) is 0 Å². The van der Waals surface area contributed by atoms with Crippen LogP contribution in [0.25, 0.3) is 0 Å². The van der Waals surface area contributed by atoms with Gasteiger partial charge in [-0.3, -0.25) is 4.98 Å². The van der Waals surface area contributed by atoms with Crippen molar-refractivity contribution in [1.29, 1.82) is 0 Å². The number of hydrogen-bond acceptors (Lipinski definition) is 2. The molecule has 0 aliphatic heterocycles. The summed E-state index contributed by atoms with van der Waals surface area (Å²) in [4.78, 5) is 3.97. The third-order valence-electron chi connectivity index (χ3n) is 2.15. The average molecular weight is 179 g/mol. The van der Waals surface area contributed by atoms with E-state index >= 15 is 0 Å². The van der Waals surface area contributed by atoms with Crippen LogP contribution in [0.2, 0.25) is 0 Å². The highest BCUT2D eigenvalue weighted by Gasteiger charge is 2.05. The van der Waals surface area contributed by atoms with Crippen molar-refractivity contribution in [2.75, 3.05) is 0 Å². The minimum Gasteiger partial charge on any atom is -0.388 e. The van der Waals surface area contributed by atoms with Gasteiger partial charge in [-0.2, -0.15) is 0 Å². The molecule has 1 N–H and O–H groups in total. The van der Waals surface area contributed by atoms with E-state index in [1.54, 1.807) is 12.4 Å². The van der Waals surface area contributed by atoms with Crippen molar-refractivity contribution in [1.82, 2.24) is 4.98 Å². The maximum absolute atomic E-state index is 9.71. The average Bonchev–Trinajstić information content (AvgIpc) is 2.19. The van der Waals surface area contributed by atoms with E-state index in [4.69, 9.17) is 0 Å². The van der Waals surface area contributed by atoms with Gasteiger partial charge in [-0.25, -0.2) is 0 Å². The van der Waals surface area contributed by atoms with Gasteiger partial charge in [0.15, 0.2) is 0 Å². The molecule has 1 unspecified atom stereocenters. The van der Waals surface area contributed by atoms with E-state index in [1.165, 1.54) is 12.8 Å². The second-order valence-electron chi connectivity index (χ2n) is 3.30. The van der Waals surface area contributed by atoms with Crippen molar-refractivity contribution >= 4 is 0 Å². The molecule has 0 aliphatic rings. The summed E-state index contributed by atoms with van der Waals surface area (Å²) in [6, 6.07) is 3.78. The Hall–Kier alpha value is -0.890. The molecule has 72 valence electrons. The minimum absolute atomic E-state index is 0.333. The Kier molecular flexibility index (Phi) is 4.47. The first kappa shape index (κ1) is 10.2. The smallest absolute Gasteiger partial charge is 0.0804 e. The Labute approximate surface area is 79.6 Å². The zero-order valence-corrected chi connectivity index (χ0v) is 8.11. The first-order chi connectivity index (χ1) is 6.34. The van der Waals surface area contributed by atoms with Crippen LogP contribution in [0.3, 0.4) is 0 Å². The van der Waals surface area contributed by atoms with E-state index in [2.05, 4.69) is 11.9 Å². The van der Waals surface area contributed by atoms with Gasteiger partial charge in [-0.05, 0) is 18.1 Å². The van der Waals surface area contributed by atoms with E-state index in [-0.39, 0.29) is 6.10 Å². The molecule has 13 heavy (non-hydrogen) atoms. The quantitative estimate of drug-likeness (QED) is 0.705. The van der Waals surface area contributed by atoms with Gasteiger partial charge in [-0.15, -0.1) is 0 Å². The lowest BCUT2D eigenvalue weighted by Gasteiger charge is -2.09. The molecule has 1 heterocycles. The molecule has 0 spiro atoms. The van der Waals surface area contributed by atoms with Crippen molar-refractivity contribution in [2.24, 2.45) is 0 Å². The van der Waals surface area contributed by atoms with Crippen LogP contribution < -0.4 is 0 Å². The molecule has 1 rings (SSSR count). The Morgan fingerprint density at radius 1 is 1.46 bits per heavy atom. The van der Waals surface area contributed by atoms with Crippen LogP contribution in [-0.4, -0.2) is 10.1 Å². The summed E-state index contributed by atoms with van der Waals surface area (Å²) in [5, 5.41) is 9.71. The van der Waals surface area contributed by atoms with Crippen LogP contribution in [-0.2, 0) is 0 Å². The fraction of sp³-hybridized carbons (Fsp3) is 0.545. The topological polar surface area (TPSA) is 33.1 Å². The summed E-state index contributed by atoms with van der Waals surface area (Å²) < 4.78 is 0. The van der Waals surface area contributed by atoms with Crippen LogP contribution in [0.15, 0.2) is 24.5 Å². The third-order valence-corrected chi connectivity index (χ3v) is 2.15. The zero-order valence-electron chi connectivity index (χ0n) is 8.11. The van der Waals surface area contributed by atoms with Gasteiger partial charge in [0.05, 0.1) is 6.10 Å². The number of rotatable bonds is 5. The number of aliphatic hydroxyl groups is 1. The Morgan fingerprint density at radius 3 is 2.92 bits per heavy atom. The fourth-order valence-corrected chi connectivity index (χ4v) is 1.33. The lowest BCUT2D eigenvalue weighted by molar-refractivity contribution is 0.163. The van der Waals surface area contributed by atoms with Crippen molar-refractivity contribution in [2.45, 2.75) is 38.7 Å². The number of nitrogens with zero attached hydrogens (tertiary/aromatic N) is 1. The standard InChI is InChI=1S/C11H17NO/c1-2-3-4-7-11(13)10-6-5-8-12-9-10/h5-6,8-9,11,13H,2-4,7H2,1H3. The number of unbranched alkanes of at least 4 members (excludes halogenated alkanes) is 2. The molecule has 0 saturated carbocycles. The normalized spacial score (nSPS) is 12.8. The predicted molar refractivity (Wildman–Crippen MR) is 53.3 cm³/mol. The van der Waals surface area contributed by atoms with Gasteiger partial charge in [-0.1, -0.05) is 32.3 Å². The summed E-state index contributed by atoms with van der Waals surface area (Å²) >= 11 is 0. The highest BCUT2D eigenvalue weighted by Crippen LogP contribution is 2.17. The zero-order chi connectivity index (χ0) is 9.52. The van der Waals surface area contributed by atoms with E-state index < -0.39 is 0 Å². The monoisotopic (exact) mass is 179 g/mol. The van der Waals surface area contributed by atoms with Crippen LogP contribution in [0, 0.1) is 0 Å². The van der Waals surface area contributed by atoms with E-state index in [1.807, 2.05) is 12.1 Å². The molecule has 0 bridgehead atoms. The van der Waals surface area contributed by atoms with Crippen molar-refractivity contribution in [3.63, 3.8) is 0 Å². The van der Waals surface area contributed by atoms with Gasteiger partial charge in [0.25, 0.3) is 0 Å². The number of aliphatic hydroxyl groups excluding tert-OH is 1. The van der Waals surface area contributed by atoms with E-state index in [0.717, 1.165) is 18.4 Å². The maximum Gasteiger partial charge on any atom is 0.0804 e. The molecular formula is C11H17NO. The highest BCUT2D eigenvalue weighted by molar-refractivity contribution is 5.11. The molecule has 2 heteroatoms. The lowest BCUT2D eigenvalue weighted by atomic mass is 10.1. The Morgan fingerprint density at radius 2 is 2.31 bits per heavy atom. The van der Waals surface area contributed by atoms with E-state index in [0.29, 0.717) is 0 Å². The largest absolute Gasteiger partial charge is 0.388 e. The Balaban J connectivity index is 2.35. The fourth-order valence-electron chi connectivity index (χ4n) is 1.33. The molecular weight excluding hydrogens is 162 g/mol. The highest BCUT2D eigenvalue weighted by atomic mass is 16.3. The van der Waals surface area contributed by atoms with Gasteiger partial charge in [0.1, 0.15) is 0 Å². The van der Waals surface area contributed by atoms with Gasteiger partial charge < -0.3 is 5.11 Å². The summed E-state index contributed by atoms with van der Waals surface area (Å²) in [6.07, 6.45) is 7.45. The first-order valence-electron chi connectivity index (χ1n) is 4.92. The summed E-state index contributed by atoms with van der Waals surface area (Å²) in [7, 11) is 0. The van der Waals surface area contributed by atoms with Crippen LogP contribution >= 0.6 is 0 Å². The molecule has 0 aliphatic carbocycles. The summed E-state index contributed by atoms with van der Waals surface area (Å²) in [5.74, 6) is 0. The SMILES string of the molecule is CCCCCC(O)c1cccnc1. The van der Waals surface area contributed by atoms with Crippen LogP contribution in [0.5, 0.6) is 0 Å². The number of aromatic nitrogens is 1. The maximum atomic E-state index is 9.71. The summed E-state index contributed by atoms with van der Waals surface area (Å²) in [6.45, 7) is 2.16. The van der Waals surface area contributed by atoms with E-state index in [9.17, 15) is 5.11 Å². The number of pyridine rings is 1. The molecule has 1 atom stereocenters. The molecule has 0 saturated heterocycles. The van der Waals surface area contributed by atoms with Crippen molar-refractivity contribution in [3.8, 4) is 0 Å². The van der Waals surface area contributed by atoms with Gasteiger partial charge in [0.2, 0.25) is 0 Å². The molecule has 0 fully saturated rings. The molecule has 0 aromatic carbocycles.